The molecule has 15 heavy (non-hydrogen) atoms. The number of nitrogens with two attached hydrogens (primary N) is 1. The molecule has 76 valence electrons. The van der Waals surface area contributed by atoms with Gasteiger partial charge in [-0.25, -0.2) is 8.42 Å². The normalized spacial score (nSPS) is 10.5. The number of nitro benzene ring substituents is 1. The number of hydrogen-bond donors (Lipinski definition) is 1. The van der Waals surface area contributed by atoms with Crippen LogP contribution < -0.4 is 35.3 Å². The Bertz CT molecular complexity index is 486. The van der Waals surface area contributed by atoms with Crippen molar-refractivity contribution in [2.45, 2.75) is 4.90 Å². The van der Waals surface area contributed by atoms with Crippen LogP contribution in [0.4, 0.5) is 11.4 Å². The van der Waals surface area contributed by atoms with E-state index in [4.69, 9.17) is 5.73 Å². The van der Waals surface area contributed by atoms with Crippen LogP contribution in [0.1, 0.15) is 0 Å². The van der Waals surface area contributed by atoms with Crippen molar-refractivity contribution in [3.8, 4) is 0 Å². The third-order valence-corrected chi connectivity index (χ3v) is 2.40. The summed E-state index contributed by atoms with van der Waals surface area (Å²) in [6.07, 6.45) is 0. The van der Waals surface area contributed by atoms with Gasteiger partial charge in [-0.3, -0.25) is 10.1 Å². The van der Waals surface area contributed by atoms with E-state index in [1.807, 2.05) is 0 Å². The summed E-state index contributed by atoms with van der Waals surface area (Å²) >= 11 is 0. The van der Waals surface area contributed by atoms with Crippen molar-refractivity contribution in [3.05, 3.63) is 28.3 Å². The van der Waals surface area contributed by atoms with Gasteiger partial charge < -0.3 is 10.3 Å². The molecule has 0 atom stereocenters. The van der Waals surface area contributed by atoms with Gasteiger partial charge in [0.15, 0.2) is 0 Å². The van der Waals surface area contributed by atoms with Gasteiger partial charge in [-0.2, -0.15) is 0 Å². The number of hydrogen-bond acceptors (Lipinski definition) is 6. The van der Waals surface area contributed by atoms with Gasteiger partial charge in [-0.1, -0.05) is 6.07 Å². The molecule has 1 aromatic rings. The first-order valence-corrected chi connectivity index (χ1v) is 4.73. The summed E-state index contributed by atoms with van der Waals surface area (Å²) in [6.45, 7) is 0. The summed E-state index contributed by atoms with van der Waals surface area (Å²) in [4.78, 5) is 8.70. The maximum atomic E-state index is 10.6. The number of nitrogens with zero attached hydrogens (tertiary/aromatic N) is 1. The Kier molecular flexibility index (Phi) is 4.68. The molecule has 1 rings (SSSR count). The standard InChI is InChI=1S/C6H6N2O5S.Na/c7-6-4(8(9)10)2-1-3-5(6)14(11,12)13;/h1-3H,7H2,(H,11,12,13);/q;+1/p-1. The summed E-state index contributed by atoms with van der Waals surface area (Å²) in [6, 6.07) is 3.02. The zero-order chi connectivity index (χ0) is 10.9. The average molecular weight is 240 g/mol. The van der Waals surface area contributed by atoms with Gasteiger partial charge in [0.05, 0.1) is 9.82 Å². The van der Waals surface area contributed by atoms with Crippen LogP contribution in [-0.4, -0.2) is 17.9 Å². The van der Waals surface area contributed by atoms with Crippen molar-refractivity contribution < 1.29 is 47.5 Å². The molecular formula is C6H5N2NaO5S. The number of rotatable bonds is 2. The van der Waals surface area contributed by atoms with Crippen molar-refractivity contribution in [2.75, 3.05) is 5.73 Å². The maximum absolute atomic E-state index is 10.6. The van der Waals surface area contributed by atoms with Crippen molar-refractivity contribution in [3.63, 3.8) is 0 Å². The molecule has 0 aliphatic carbocycles. The van der Waals surface area contributed by atoms with E-state index in [-0.39, 0.29) is 29.6 Å². The molecule has 7 nitrogen and oxygen atoms in total. The van der Waals surface area contributed by atoms with Crippen molar-refractivity contribution in [2.24, 2.45) is 0 Å². The third-order valence-electron chi connectivity index (χ3n) is 1.51. The summed E-state index contributed by atoms with van der Waals surface area (Å²) < 4.78 is 31.7. The van der Waals surface area contributed by atoms with Gasteiger partial charge in [0.25, 0.3) is 5.69 Å². The first-order valence-electron chi connectivity index (χ1n) is 3.33. The number of para-hydroxylation sites is 1. The SMILES string of the molecule is Nc1c([N+](=O)[O-])cccc1S(=O)(=O)[O-].[Na+]. The van der Waals surface area contributed by atoms with E-state index in [1.165, 1.54) is 0 Å². The molecule has 0 bridgehead atoms. The second-order valence-corrected chi connectivity index (χ2v) is 3.75. The smallest absolute Gasteiger partial charge is 0.744 e. The van der Waals surface area contributed by atoms with E-state index in [2.05, 4.69) is 0 Å². The molecule has 0 unspecified atom stereocenters. The molecule has 1 aromatic carbocycles. The zero-order valence-electron chi connectivity index (χ0n) is 7.71. The Morgan fingerprint density at radius 2 is 1.87 bits per heavy atom. The Labute approximate surface area is 107 Å². The molecule has 0 saturated heterocycles. The van der Waals surface area contributed by atoms with Crippen LogP contribution in [-0.2, 0) is 10.1 Å². The van der Waals surface area contributed by atoms with Crippen LogP contribution in [0.3, 0.4) is 0 Å². The number of nitrogen functional groups attached to an aromatic ring is 1. The quantitative estimate of drug-likeness (QED) is 0.194. The Balaban J connectivity index is 0.00000196. The third kappa shape index (κ3) is 3.14. The fourth-order valence-corrected chi connectivity index (χ4v) is 1.53. The molecule has 0 aromatic heterocycles. The predicted octanol–water partition coefficient (Wildman–Crippen LogP) is -2.91. The molecule has 0 heterocycles. The Hall–Kier alpha value is -0.670. The summed E-state index contributed by atoms with van der Waals surface area (Å²) in [7, 11) is -4.77. The number of nitro groups is 1. The van der Waals surface area contributed by atoms with E-state index >= 15 is 0 Å². The van der Waals surface area contributed by atoms with E-state index in [1.54, 1.807) is 0 Å². The molecule has 2 N–H and O–H groups in total. The second kappa shape index (κ2) is 4.90. The van der Waals surface area contributed by atoms with E-state index in [0.717, 1.165) is 18.2 Å². The molecule has 0 amide bonds. The minimum atomic E-state index is -4.77. The van der Waals surface area contributed by atoms with Crippen molar-refractivity contribution in [1.29, 1.82) is 0 Å². The first-order chi connectivity index (χ1) is 6.34. The van der Waals surface area contributed by atoms with Crippen molar-refractivity contribution >= 4 is 21.5 Å². The minimum Gasteiger partial charge on any atom is -0.744 e. The number of anilines is 1. The van der Waals surface area contributed by atoms with Gasteiger partial charge in [-0.15, -0.1) is 0 Å². The molecule has 0 spiro atoms. The fourth-order valence-electron chi connectivity index (χ4n) is 0.910. The average Bonchev–Trinajstić information content (AvgIpc) is 2.01. The largest absolute Gasteiger partial charge is 1.00 e. The molecule has 0 radical (unpaired) electrons. The van der Waals surface area contributed by atoms with Crippen LogP contribution >= 0.6 is 0 Å². The molecule has 9 heteroatoms. The molecule has 0 aliphatic rings. The van der Waals surface area contributed by atoms with Crippen LogP contribution in [0.15, 0.2) is 23.1 Å². The molecule has 0 aliphatic heterocycles. The van der Waals surface area contributed by atoms with Crippen LogP contribution in [0.2, 0.25) is 0 Å². The van der Waals surface area contributed by atoms with E-state index < -0.39 is 31.3 Å². The monoisotopic (exact) mass is 240 g/mol. The van der Waals surface area contributed by atoms with Gasteiger partial charge >= 0.3 is 29.6 Å². The summed E-state index contributed by atoms with van der Waals surface area (Å²) in [5.41, 5.74) is 3.92. The van der Waals surface area contributed by atoms with Crippen LogP contribution in [0.25, 0.3) is 0 Å². The zero-order valence-corrected chi connectivity index (χ0v) is 10.5. The van der Waals surface area contributed by atoms with E-state index in [0.29, 0.717) is 0 Å². The van der Waals surface area contributed by atoms with Gasteiger partial charge in [0.1, 0.15) is 15.8 Å². The fraction of sp³-hybridized carbons (Fsp3) is 0. The Morgan fingerprint density at radius 1 is 1.33 bits per heavy atom. The van der Waals surface area contributed by atoms with Crippen LogP contribution in [0.5, 0.6) is 0 Å². The van der Waals surface area contributed by atoms with Gasteiger partial charge in [-0.05, 0) is 6.07 Å². The topological polar surface area (TPSA) is 126 Å². The predicted molar refractivity (Wildman–Crippen MR) is 45.5 cm³/mol. The molecule has 0 fully saturated rings. The van der Waals surface area contributed by atoms with Crippen LogP contribution in [0, 0.1) is 10.1 Å². The molecule has 0 saturated carbocycles. The van der Waals surface area contributed by atoms with Gasteiger partial charge in [0.2, 0.25) is 0 Å². The molecular weight excluding hydrogens is 235 g/mol. The summed E-state index contributed by atoms with van der Waals surface area (Å²) in [5, 5.41) is 10.3. The Morgan fingerprint density at radius 3 is 2.27 bits per heavy atom. The summed E-state index contributed by atoms with van der Waals surface area (Å²) in [5.74, 6) is 0. The first kappa shape index (κ1) is 14.3. The maximum Gasteiger partial charge on any atom is 1.00 e. The van der Waals surface area contributed by atoms with Crippen molar-refractivity contribution in [1.82, 2.24) is 0 Å². The minimum absolute atomic E-state index is 0. The number of benzene rings is 1. The van der Waals surface area contributed by atoms with Gasteiger partial charge in [0, 0.05) is 6.07 Å². The second-order valence-electron chi connectivity index (χ2n) is 2.40. The van der Waals surface area contributed by atoms with E-state index in [9.17, 15) is 23.1 Å².